The van der Waals surface area contributed by atoms with E-state index in [0.29, 0.717) is 30.8 Å². The van der Waals surface area contributed by atoms with Gasteiger partial charge in [0.05, 0.1) is 17.6 Å². The van der Waals surface area contributed by atoms with Crippen LogP contribution in [0.25, 0.3) is 0 Å². The molecule has 1 aliphatic rings. The fourth-order valence-corrected chi connectivity index (χ4v) is 2.75. The molecule has 1 heterocycles. The molecule has 2 rings (SSSR count). The second kappa shape index (κ2) is 6.89. The maximum atomic E-state index is 11.2. The second-order valence-corrected chi connectivity index (χ2v) is 5.78. The summed E-state index contributed by atoms with van der Waals surface area (Å²) in [6.07, 6.45) is 5.09. The molecule has 7 heteroatoms. The summed E-state index contributed by atoms with van der Waals surface area (Å²) in [5.41, 5.74) is 0.498. The van der Waals surface area contributed by atoms with E-state index in [1.54, 1.807) is 11.6 Å². The van der Waals surface area contributed by atoms with Crippen LogP contribution in [0.15, 0.2) is 0 Å². The Morgan fingerprint density at radius 2 is 2.14 bits per heavy atom. The fraction of sp³-hybridized carbons (Fsp3) is 0.786. The lowest BCUT2D eigenvalue weighted by molar-refractivity contribution is -0.384. The summed E-state index contributed by atoms with van der Waals surface area (Å²) >= 11 is 0. The molecular formula is C14H24N4O3. The molecule has 1 aliphatic carbocycles. The lowest BCUT2D eigenvalue weighted by Gasteiger charge is -2.14. The quantitative estimate of drug-likeness (QED) is 0.475. The number of hydrogen-bond donors (Lipinski definition) is 1. The van der Waals surface area contributed by atoms with Crippen molar-refractivity contribution in [2.24, 2.45) is 0 Å². The Morgan fingerprint density at radius 1 is 1.48 bits per heavy atom. The van der Waals surface area contributed by atoms with Crippen molar-refractivity contribution in [3.05, 3.63) is 15.8 Å². The van der Waals surface area contributed by atoms with E-state index in [4.69, 9.17) is 4.74 Å². The van der Waals surface area contributed by atoms with Gasteiger partial charge in [-0.2, -0.15) is 5.10 Å². The maximum absolute atomic E-state index is 11.2. The molecule has 0 saturated heterocycles. The van der Waals surface area contributed by atoms with Gasteiger partial charge in [-0.1, -0.05) is 12.8 Å². The van der Waals surface area contributed by atoms with E-state index in [0.717, 1.165) is 12.8 Å². The normalized spacial score (nSPS) is 15.8. The molecule has 1 saturated carbocycles. The first-order valence-corrected chi connectivity index (χ1v) is 7.59. The van der Waals surface area contributed by atoms with Crippen molar-refractivity contribution >= 4 is 11.5 Å². The average Bonchev–Trinajstić information content (AvgIpc) is 3.02. The monoisotopic (exact) mass is 296 g/mol. The molecule has 0 radical (unpaired) electrons. The predicted molar refractivity (Wildman–Crippen MR) is 80.7 cm³/mol. The van der Waals surface area contributed by atoms with Gasteiger partial charge < -0.3 is 10.1 Å². The fourth-order valence-electron chi connectivity index (χ4n) is 2.75. The van der Waals surface area contributed by atoms with Crippen LogP contribution < -0.4 is 5.32 Å². The van der Waals surface area contributed by atoms with Gasteiger partial charge in [-0.25, -0.2) is 4.68 Å². The lowest BCUT2D eigenvalue weighted by Crippen LogP contribution is -2.18. The van der Waals surface area contributed by atoms with Crippen LogP contribution in [-0.2, 0) is 4.74 Å². The second-order valence-electron chi connectivity index (χ2n) is 5.78. The molecular weight excluding hydrogens is 272 g/mol. The zero-order chi connectivity index (χ0) is 15.4. The minimum atomic E-state index is -0.374. The lowest BCUT2D eigenvalue weighted by atomic mass is 10.3. The van der Waals surface area contributed by atoms with Crippen molar-refractivity contribution < 1.29 is 9.66 Å². The molecule has 0 bridgehead atoms. The van der Waals surface area contributed by atoms with Gasteiger partial charge in [-0.15, -0.1) is 0 Å². The van der Waals surface area contributed by atoms with Gasteiger partial charge >= 0.3 is 5.69 Å². The zero-order valence-corrected chi connectivity index (χ0v) is 13.0. The largest absolute Gasteiger partial charge is 0.376 e. The molecule has 1 aromatic heterocycles. The number of aromatic nitrogens is 2. The van der Waals surface area contributed by atoms with E-state index in [9.17, 15) is 10.1 Å². The van der Waals surface area contributed by atoms with Crippen LogP contribution in [0.3, 0.4) is 0 Å². The highest BCUT2D eigenvalue weighted by molar-refractivity contribution is 5.59. The first-order chi connectivity index (χ1) is 10.0. The summed E-state index contributed by atoms with van der Waals surface area (Å²) in [5, 5.41) is 18.6. The van der Waals surface area contributed by atoms with Gasteiger partial charge in [0.1, 0.15) is 5.69 Å². The van der Waals surface area contributed by atoms with E-state index >= 15 is 0 Å². The molecule has 1 aromatic rings. The first kappa shape index (κ1) is 15.8. The van der Waals surface area contributed by atoms with Crippen molar-refractivity contribution in [2.45, 2.75) is 58.6 Å². The zero-order valence-electron chi connectivity index (χ0n) is 13.0. The van der Waals surface area contributed by atoms with E-state index < -0.39 is 0 Å². The summed E-state index contributed by atoms with van der Waals surface area (Å²) < 4.78 is 7.44. The van der Waals surface area contributed by atoms with Crippen molar-refractivity contribution in [2.75, 3.05) is 18.5 Å². The number of nitrogens with zero attached hydrogens (tertiary/aromatic N) is 3. The molecule has 1 N–H and O–H groups in total. The van der Waals surface area contributed by atoms with Crippen LogP contribution >= 0.6 is 0 Å². The number of anilines is 1. The summed E-state index contributed by atoms with van der Waals surface area (Å²) in [4.78, 5) is 10.8. The molecule has 21 heavy (non-hydrogen) atoms. The highest BCUT2D eigenvalue weighted by Gasteiger charge is 2.26. The van der Waals surface area contributed by atoms with Crippen molar-refractivity contribution in [1.29, 1.82) is 0 Å². The Morgan fingerprint density at radius 3 is 2.71 bits per heavy atom. The number of hydrogen-bond acceptors (Lipinski definition) is 5. The van der Waals surface area contributed by atoms with Gasteiger partial charge in [-0.3, -0.25) is 10.1 Å². The Labute approximate surface area is 124 Å². The summed E-state index contributed by atoms with van der Waals surface area (Å²) in [7, 11) is 0. The summed E-state index contributed by atoms with van der Waals surface area (Å²) in [6, 6.07) is 0.0654. The molecule has 0 aromatic carbocycles. The number of ether oxygens (including phenoxy) is 1. The van der Waals surface area contributed by atoms with Crippen LogP contribution in [-0.4, -0.2) is 34.0 Å². The Balaban J connectivity index is 1.98. The smallest absolute Gasteiger partial charge is 0.333 e. The predicted octanol–water partition coefficient (Wildman–Crippen LogP) is 3.05. The van der Waals surface area contributed by atoms with Crippen molar-refractivity contribution in [3.63, 3.8) is 0 Å². The number of aryl methyl sites for hydroxylation is 1. The van der Waals surface area contributed by atoms with Crippen molar-refractivity contribution in [3.8, 4) is 0 Å². The highest BCUT2D eigenvalue weighted by Crippen LogP contribution is 2.30. The molecule has 1 fully saturated rings. The van der Waals surface area contributed by atoms with Crippen LogP contribution in [0.2, 0.25) is 0 Å². The van der Waals surface area contributed by atoms with E-state index in [2.05, 4.69) is 10.4 Å². The first-order valence-electron chi connectivity index (χ1n) is 7.59. The standard InChI is InChI=1S/C14H24N4O3/c1-10(2)17-14(13(18(19)20)11(3)16-17)15-8-9-21-12-6-4-5-7-12/h10,12,15H,4-9H2,1-3H3. The van der Waals surface area contributed by atoms with Crippen LogP contribution in [0.4, 0.5) is 11.5 Å². The summed E-state index contributed by atoms with van der Waals surface area (Å²) in [6.45, 7) is 6.68. The molecule has 0 atom stereocenters. The number of rotatable bonds is 7. The minimum Gasteiger partial charge on any atom is -0.376 e. The Bertz CT molecular complexity index is 493. The van der Waals surface area contributed by atoms with Crippen molar-refractivity contribution in [1.82, 2.24) is 9.78 Å². The Kier molecular flexibility index (Phi) is 5.17. The molecule has 0 unspecified atom stereocenters. The van der Waals surface area contributed by atoms with Crippen LogP contribution in [0, 0.1) is 17.0 Å². The van der Waals surface area contributed by atoms with E-state index in [-0.39, 0.29) is 16.7 Å². The molecule has 0 amide bonds. The van der Waals surface area contributed by atoms with Gasteiger partial charge in [0.2, 0.25) is 5.82 Å². The van der Waals surface area contributed by atoms with Gasteiger partial charge in [0.15, 0.2) is 0 Å². The maximum Gasteiger partial charge on any atom is 0.333 e. The third kappa shape index (κ3) is 3.72. The molecule has 0 spiro atoms. The van der Waals surface area contributed by atoms with Crippen LogP contribution in [0.1, 0.15) is 51.3 Å². The third-order valence-electron chi connectivity index (χ3n) is 3.78. The number of nitro groups is 1. The van der Waals surface area contributed by atoms with E-state index in [1.807, 2.05) is 13.8 Å². The molecule has 118 valence electrons. The van der Waals surface area contributed by atoms with Gasteiger partial charge in [0.25, 0.3) is 0 Å². The minimum absolute atomic E-state index is 0.0598. The Hall–Kier alpha value is -1.63. The highest BCUT2D eigenvalue weighted by atomic mass is 16.6. The van der Waals surface area contributed by atoms with E-state index in [1.165, 1.54) is 12.8 Å². The average molecular weight is 296 g/mol. The SMILES string of the molecule is Cc1nn(C(C)C)c(NCCOC2CCCC2)c1[N+](=O)[O-]. The topological polar surface area (TPSA) is 82.2 Å². The molecule has 7 nitrogen and oxygen atoms in total. The third-order valence-corrected chi connectivity index (χ3v) is 3.78. The number of nitrogens with one attached hydrogen (secondary N) is 1. The van der Waals surface area contributed by atoms with Crippen LogP contribution in [0.5, 0.6) is 0 Å². The van der Waals surface area contributed by atoms with Gasteiger partial charge in [-0.05, 0) is 33.6 Å². The molecule has 0 aliphatic heterocycles. The van der Waals surface area contributed by atoms with Gasteiger partial charge in [0, 0.05) is 12.6 Å². The summed E-state index contributed by atoms with van der Waals surface area (Å²) in [5.74, 6) is 0.475.